The van der Waals surface area contributed by atoms with Gasteiger partial charge in [0.25, 0.3) is 0 Å². The molecule has 0 bridgehead atoms. The average Bonchev–Trinajstić information content (AvgIpc) is 2.33. The van der Waals surface area contributed by atoms with E-state index in [4.69, 9.17) is 0 Å². The van der Waals surface area contributed by atoms with Crippen LogP contribution in [-0.2, 0) is 16.7 Å². The maximum Gasteiger partial charge on any atom is 1.00 e. The summed E-state index contributed by atoms with van der Waals surface area (Å²) in [6.07, 6.45) is 1.64. The third-order valence-corrected chi connectivity index (χ3v) is 2.61. The Hall–Kier alpha value is 0.270. The average molecular weight is 245 g/mol. The normalized spacial score (nSPS) is 10.7. The molecule has 0 saturated carbocycles. The van der Waals surface area contributed by atoms with Gasteiger partial charge < -0.3 is 4.55 Å². The van der Waals surface area contributed by atoms with Crippen molar-refractivity contribution in [1.29, 1.82) is 0 Å². The zero-order valence-electron chi connectivity index (χ0n) is 7.85. The Balaban J connectivity index is 0.00000169. The Labute approximate surface area is 108 Å². The molecule has 1 rings (SSSR count). The van der Waals surface area contributed by atoms with Gasteiger partial charge in [-0.2, -0.15) is 0 Å². The van der Waals surface area contributed by atoms with Crippen LogP contribution in [0.5, 0.6) is 0 Å². The van der Waals surface area contributed by atoms with Crippen molar-refractivity contribution in [2.45, 2.75) is 19.8 Å². The number of anilines is 1. The van der Waals surface area contributed by atoms with E-state index in [1.165, 1.54) is 0 Å². The molecule has 0 aliphatic rings. The Morgan fingerprint density at radius 3 is 2.64 bits per heavy atom. The smallest absolute Gasteiger partial charge is 0.731 e. The molecule has 0 amide bonds. The summed E-state index contributed by atoms with van der Waals surface area (Å²) in [6, 6.07) is 0. The minimum absolute atomic E-state index is 0. The van der Waals surface area contributed by atoms with E-state index in [1.54, 1.807) is 4.72 Å². The summed E-state index contributed by atoms with van der Waals surface area (Å²) in [5.74, 6) is 0. The Kier molecular flexibility index (Phi) is 6.10. The van der Waals surface area contributed by atoms with Crippen LogP contribution >= 0.6 is 11.3 Å². The second-order valence-electron chi connectivity index (χ2n) is 2.31. The van der Waals surface area contributed by atoms with Crippen LogP contribution in [0.3, 0.4) is 0 Å². The molecular weight excluding hydrogens is 237 g/mol. The van der Waals surface area contributed by atoms with Gasteiger partial charge in [-0.15, -0.1) is 10.2 Å². The number of hydrogen-bond acceptors (Lipinski definition) is 6. The number of aromatic nitrogens is 2. The summed E-state index contributed by atoms with van der Waals surface area (Å²) in [7, 11) is -4.47. The van der Waals surface area contributed by atoms with Gasteiger partial charge in [-0.1, -0.05) is 18.3 Å². The summed E-state index contributed by atoms with van der Waals surface area (Å²) in [4.78, 5) is 0. The molecule has 0 saturated heterocycles. The van der Waals surface area contributed by atoms with Crippen molar-refractivity contribution in [2.24, 2.45) is 0 Å². The third-order valence-electron chi connectivity index (χ3n) is 1.14. The van der Waals surface area contributed by atoms with Gasteiger partial charge in [0, 0.05) is 6.42 Å². The zero-order valence-corrected chi connectivity index (χ0v) is 11.5. The van der Waals surface area contributed by atoms with E-state index in [1.807, 2.05) is 6.92 Å². The number of nitrogens with zero attached hydrogens (tertiary/aromatic N) is 2. The van der Waals surface area contributed by atoms with Crippen molar-refractivity contribution in [2.75, 3.05) is 4.72 Å². The molecule has 0 radical (unpaired) electrons. The minimum Gasteiger partial charge on any atom is -0.731 e. The van der Waals surface area contributed by atoms with Crippen LogP contribution < -0.4 is 34.3 Å². The Bertz CT molecular complexity index is 377. The molecular formula is C5H8N3NaO3S2. The predicted octanol–water partition coefficient (Wildman–Crippen LogP) is -2.63. The van der Waals surface area contributed by atoms with Gasteiger partial charge >= 0.3 is 29.6 Å². The van der Waals surface area contributed by atoms with Crippen molar-refractivity contribution in [1.82, 2.24) is 10.2 Å². The summed E-state index contributed by atoms with van der Waals surface area (Å²) in [5, 5.41) is 7.93. The van der Waals surface area contributed by atoms with Crippen LogP contribution in [0.15, 0.2) is 0 Å². The van der Waals surface area contributed by atoms with Crippen LogP contribution in [0.4, 0.5) is 5.13 Å². The van der Waals surface area contributed by atoms with E-state index in [-0.39, 0.29) is 34.7 Å². The fourth-order valence-electron chi connectivity index (χ4n) is 0.717. The van der Waals surface area contributed by atoms with Crippen molar-refractivity contribution in [3.63, 3.8) is 0 Å². The number of nitrogens with one attached hydrogen (secondary N) is 1. The van der Waals surface area contributed by atoms with Gasteiger partial charge in [0.05, 0.1) is 0 Å². The second kappa shape index (κ2) is 5.99. The largest absolute Gasteiger partial charge is 1.00 e. The molecule has 1 aromatic heterocycles. The van der Waals surface area contributed by atoms with Crippen molar-refractivity contribution in [3.8, 4) is 0 Å². The SMILES string of the molecule is CCCc1nnc(NS(=O)(=O)[O-])s1.[Na+]. The van der Waals surface area contributed by atoms with Gasteiger partial charge in [0.1, 0.15) is 5.01 Å². The molecule has 1 heterocycles. The quantitative estimate of drug-likeness (QED) is 0.462. The number of rotatable bonds is 4. The molecule has 74 valence electrons. The number of aryl methyl sites for hydroxylation is 1. The van der Waals surface area contributed by atoms with Crippen LogP contribution in [0.1, 0.15) is 18.4 Å². The first-order valence-electron chi connectivity index (χ1n) is 3.57. The summed E-state index contributed by atoms with van der Waals surface area (Å²) in [5.41, 5.74) is 0. The van der Waals surface area contributed by atoms with Crippen LogP contribution in [-0.4, -0.2) is 23.2 Å². The van der Waals surface area contributed by atoms with Gasteiger partial charge in [-0.05, 0) is 6.42 Å². The maximum absolute atomic E-state index is 10.2. The molecule has 9 heteroatoms. The second-order valence-corrected chi connectivity index (χ2v) is 4.48. The molecule has 0 spiro atoms. The van der Waals surface area contributed by atoms with Crippen molar-refractivity contribution in [3.05, 3.63) is 5.01 Å². The molecule has 14 heavy (non-hydrogen) atoms. The fourth-order valence-corrected chi connectivity index (χ4v) is 2.14. The fraction of sp³-hybridized carbons (Fsp3) is 0.600. The standard InChI is InChI=1S/C5H9N3O3S2.Na/c1-2-3-4-6-7-5(12-4)8-13(9,10)11;/h2-3H2,1H3,(H,7,8)(H,9,10,11);/q;+1/p-1. The molecule has 0 aliphatic heterocycles. The Morgan fingerprint density at radius 1 is 1.50 bits per heavy atom. The molecule has 6 nitrogen and oxygen atoms in total. The van der Waals surface area contributed by atoms with Crippen LogP contribution in [0.2, 0.25) is 0 Å². The van der Waals surface area contributed by atoms with Gasteiger partial charge in [-0.25, -0.2) is 8.42 Å². The predicted molar refractivity (Wildman–Crippen MR) is 47.2 cm³/mol. The topological polar surface area (TPSA) is 95.0 Å². The van der Waals surface area contributed by atoms with E-state index in [2.05, 4.69) is 10.2 Å². The zero-order chi connectivity index (χ0) is 9.90. The van der Waals surface area contributed by atoms with Gasteiger partial charge in [-0.3, -0.25) is 4.72 Å². The van der Waals surface area contributed by atoms with Gasteiger partial charge in [0.2, 0.25) is 5.13 Å². The molecule has 0 aliphatic carbocycles. The molecule has 1 N–H and O–H groups in total. The first-order valence-corrected chi connectivity index (χ1v) is 5.79. The molecule has 0 atom stereocenters. The van der Waals surface area contributed by atoms with E-state index in [9.17, 15) is 13.0 Å². The number of hydrogen-bond donors (Lipinski definition) is 1. The first-order chi connectivity index (χ1) is 6.01. The van der Waals surface area contributed by atoms with Crippen LogP contribution in [0, 0.1) is 0 Å². The van der Waals surface area contributed by atoms with E-state index in [0.717, 1.165) is 24.2 Å². The first kappa shape index (κ1) is 14.3. The third kappa shape index (κ3) is 5.23. The molecule has 0 unspecified atom stereocenters. The molecule has 0 aromatic carbocycles. The van der Waals surface area contributed by atoms with Crippen molar-refractivity contribution < 1.29 is 42.5 Å². The minimum atomic E-state index is -4.47. The van der Waals surface area contributed by atoms with E-state index < -0.39 is 10.3 Å². The summed E-state index contributed by atoms with van der Waals surface area (Å²) in [6.45, 7) is 1.97. The summed E-state index contributed by atoms with van der Waals surface area (Å²) >= 11 is 1.07. The Morgan fingerprint density at radius 2 is 2.14 bits per heavy atom. The van der Waals surface area contributed by atoms with E-state index >= 15 is 0 Å². The summed E-state index contributed by atoms with van der Waals surface area (Å²) < 4.78 is 32.4. The van der Waals surface area contributed by atoms with Gasteiger partial charge in [0.15, 0.2) is 10.3 Å². The van der Waals surface area contributed by atoms with Crippen molar-refractivity contribution >= 4 is 26.8 Å². The van der Waals surface area contributed by atoms with Crippen LogP contribution in [0.25, 0.3) is 0 Å². The van der Waals surface area contributed by atoms with E-state index in [0.29, 0.717) is 5.01 Å². The monoisotopic (exact) mass is 245 g/mol. The molecule has 0 fully saturated rings. The maximum atomic E-state index is 10.2. The molecule has 1 aromatic rings.